The minimum absolute atomic E-state index is 0.122. The third-order valence-corrected chi connectivity index (χ3v) is 1.78. The fourth-order valence-corrected chi connectivity index (χ4v) is 1.10. The van der Waals surface area contributed by atoms with Crippen molar-refractivity contribution in [3.05, 3.63) is 28.8 Å². The Bertz CT molecular complexity index is 404. The second-order valence-electron chi connectivity index (χ2n) is 2.37. The molecule has 3 nitrogen and oxygen atoms in total. The van der Waals surface area contributed by atoms with E-state index in [0.29, 0.717) is 16.3 Å². The number of anilines is 1. The van der Waals surface area contributed by atoms with Crippen molar-refractivity contribution in [3.8, 4) is 18.4 Å². The maximum absolute atomic E-state index is 8.79. The van der Waals surface area contributed by atoms with Gasteiger partial charge in [0.15, 0.2) is 0 Å². The molecule has 0 radical (unpaired) electrons. The van der Waals surface area contributed by atoms with Crippen LogP contribution < -0.4 is 5.48 Å². The van der Waals surface area contributed by atoms with Crippen LogP contribution in [0.15, 0.2) is 18.2 Å². The highest BCUT2D eigenvalue weighted by molar-refractivity contribution is 6.32. The Hall–Kier alpha value is -1.68. The zero-order chi connectivity index (χ0) is 10.4. The van der Waals surface area contributed by atoms with E-state index in [4.69, 9.17) is 28.1 Å². The highest BCUT2D eigenvalue weighted by atomic mass is 35.5. The molecule has 1 rings (SSSR count). The van der Waals surface area contributed by atoms with E-state index >= 15 is 0 Å². The minimum atomic E-state index is 0.122. The predicted molar refractivity (Wildman–Crippen MR) is 54.6 cm³/mol. The molecule has 0 amide bonds. The van der Waals surface area contributed by atoms with Crippen molar-refractivity contribution >= 4 is 17.3 Å². The molecular formula is C10H7ClN2O. The van der Waals surface area contributed by atoms with Gasteiger partial charge in [0.2, 0.25) is 0 Å². The summed E-state index contributed by atoms with van der Waals surface area (Å²) < 4.78 is 0. The SMILES string of the molecule is C#CCONc1cccc(Cl)c1C#N. The predicted octanol–water partition coefficient (Wildman–Crippen LogP) is 2.19. The van der Waals surface area contributed by atoms with Gasteiger partial charge in [-0.25, -0.2) is 0 Å². The summed E-state index contributed by atoms with van der Waals surface area (Å²) in [5, 5.41) is 9.16. The Labute approximate surface area is 87.2 Å². The molecule has 0 aromatic heterocycles. The summed E-state index contributed by atoms with van der Waals surface area (Å²) in [5.74, 6) is 2.29. The highest BCUT2D eigenvalue weighted by Crippen LogP contribution is 2.22. The van der Waals surface area contributed by atoms with Gasteiger partial charge in [0.05, 0.1) is 16.3 Å². The number of nitrogens with zero attached hydrogens (tertiary/aromatic N) is 1. The number of nitriles is 1. The zero-order valence-corrected chi connectivity index (χ0v) is 8.01. The van der Waals surface area contributed by atoms with Crippen LogP contribution in [0.1, 0.15) is 5.56 Å². The van der Waals surface area contributed by atoms with E-state index in [2.05, 4.69) is 11.4 Å². The van der Waals surface area contributed by atoms with Crippen molar-refractivity contribution in [1.29, 1.82) is 5.26 Å². The van der Waals surface area contributed by atoms with Crippen molar-refractivity contribution in [2.45, 2.75) is 0 Å². The molecule has 0 fully saturated rings. The van der Waals surface area contributed by atoms with Crippen LogP contribution in [-0.4, -0.2) is 6.61 Å². The van der Waals surface area contributed by atoms with Crippen molar-refractivity contribution in [1.82, 2.24) is 0 Å². The van der Waals surface area contributed by atoms with Crippen LogP contribution >= 0.6 is 11.6 Å². The molecule has 4 heteroatoms. The third-order valence-electron chi connectivity index (χ3n) is 1.46. The van der Waals surface area contributed by atoms with Crippen LogP contribution in [0.25, 0.3) is 0 Å². The second-order valence-corrected chi connectivity index (χ2v) is 2.78. The first kappa shape index (κ1) is 10.4. The van der Waals surface area contributed by atoms with E-state index in [1.54, 1.807) is 18.2 Å². The van der Waals surface area contributed by atoms with Crippen molar-refractivity contribution in [2.75, 3.05) is 12.1 Å². The first-order chi connectivity index (χ1) is 6.79. The lowest BCUT2D eigenvalue weighted by Crippen LogP contribution is -2.02. The van der Waals surface area contributed by atoms with Crippen LogP contribution in [0.5, 0.6) is 0 Å². The molecule has 0 saturated heterocycles. The average Bonchev–Trinajstić information content (AvgIpc) is 2.18. The fourth-order valence-electron chi connectivity index (χ4n) is 0.878. The molecule has 0 saturated carbocycles. The summed E-state index contributed by atoms with van der Waals surface area (Å²) >= 11 is 5.78. The third kappa shape index (κ3) is 2.40. The van der Waals surface area contributed by atoms with E-state index in [0.717, 1.165) is 0 Å². The fraction of sp³-hybridized carbons (Fsp3) is 0.100. The molecule has 0 aliphatic carbocycles. The van der Waals surface area contributed by atoms with Gasteiger partial charge in [0, 0.05) is 0 Å². The van der Waals surface area contributed by atoms with E-state index < -0.39 is 0 Å². The summed E-state index contributed by atoms with van der Waals surface area (Å²) in [6.45, 7) is 0.122. The molecule has 1 aromatic rings. The zero-order valence-electron chi connectivity index (χ0n) is 7.25. The number of benzene rings is 1. The van der Waals surface area contributed by atoms with Gasteiger partial charge >= 0.3 is 0 Å². The van der Waals surface area contributed by atoms with Crippen LogP contribution in [-0.2, 0) is 4.84 Å². The van der Waals surface area contributed by atoms with Gasteiger partial charge in [-0.3, -0.25) is 10.3 Å². The van der Waals surface area contributed by atoms with Gasteiger partial charge in [0.25, 0.3) is 0 Å². The van der Waals surface area contributed by atoms with Crippen LogP contribution in [0.3, 0.4) is 0 Å². The van der Waals surface area contributed by atoms with Gasteiger partial charge in [-0.05, 0) is 12.1 Å². The van der Waals surface area contributed by atoms with E-state index in [-0.39, 0.29) is 6.61 Å². The van der Waals surface area contributed by atoms with Gasteiger partial charge in [-0.15, -0.1) is 6.42 Å². The maximum atomic E-state index is 8.79. The number of rotatable bonds is 3. The van der Waals surface area contributed by atoms with Crippen LogP contribution in [0.4, 0.5) is 5.69 Å². The standard InChI is InChI=1S/C10H7ClN2O/c1-2-6-14-13-10-5-3-4-9(11)8(10)7-12/h1,3-5,13H,6H2. The molecule has 0 atom stereocenters. The number of halogens is 1. The molecule has 0 aliphatic heterocycles. The highest BCUT2D eigenvalue weighted by Gasteiger charge is 2.04. The Kier molecular flexibility index (Phi) is 3.82. The van der Waals surface area contributed by atoms with Gasteiger partial charge in [-0.1, -0.05) is 23.6 Å². The molecule has 1 N–H and O–H groups in total. The van der Waals surface area contributed by atoms with E-state index in [9.17, 15) is 0 Å². The summed E-state index contributed by atoms with van der Waals surface area (Å²) in [5.41, 5.74) is 3.41. The number of terminal acetylenes is 1. The smallest absolute Gasteiger partial charge is 0.135 e. The molecule has 70 valence electrons. The maximum Gasteiger partial charge on any atom is 0.135 e. The molecule has 0 spiro atoms. The van der Waals surface area contributed by atoms with Crippen LogP contribution in [0.2, 0.25) is 5.02 Å². The van der Waals surface area contributed by atoms with Crippen molar-refractivity contribution in [2.24, 2.45) is 0 Å². The largest absolute Gasteiger partial charge is 0.265 e. The monoisotopic (exact) mass is 206 g/mol. The lowest BCUT2D eigenvalue weighted by atomic mass is 10.2. The summed E-state index contributed by atoms with van der Waals surface area (Å²) in [4.78, 5) is 4.87. The minimum Gasteiger partial charge on any atom is -0.265 e. The topological polar surface area (TPSA) is 45.0 Å². The van der Waals surface area contributed by atoms with Gasteiger partial charge in [0.1, 0.15) is 12.7 Å². The van der Waals surface area contributed by atoms with E-state index in [1.807, 2.05) is 6.07 Å². The molecule has 14 heavy (non-hydrogen) atoms. The molecule has 0 aliphatic rings. The first-order valence-electron chi connectivity index (χ1n) is 3.79. The van der Waals surface area contributed by atoms with Crippen LogP contribution in [0, 0.1) is 23.7 Å². The Morgan fingerprint density at radius 2 is 2.36 bits per heavy atom. The molecular weight excluding hydrogens is 200 g/mol. The lowest BCUT2D eigenvalue weighted by molar-refractivity contribution is 0.234. The number of nitrogens with one attached hydrogen (secondary N) is 1. The molecule has 0 unspecified atom stereocenters. The molecule has 0 heterocycles. The normalized spacial score (nSPS) is 8.79. The van der Waals surface area contributed by atoms with Gasteiger partial charge < -0.3 is 0 Å². The summed E-state index contributed by atoms with van der Waals surface area (Å²) in [6, 6.07) is 6.99. The first-order valence-corrected chi connectivity index (χ1v) is 4.17. The quantitative estimate of drug-likeness (QED) is 0.469. The van der Waals surface area contributed by atoms with E-state index in [1.165, 1.54) is 0 Å². The van der Waals surface area contributed by atoms with Crippen molar-refractivity contribution < 1.29 is 4.84 Å². The Balaban J connectivity index is 2.83. The Morgan fingerprint density at radius 1 is 1.57 bits per heavy atom. The lowest BCUT2D eigenvalue weighted by Gasteiger charge is -2.06. The number of hydrogen-bond acceptors (Lipinski definition) is 3. The van der Waals surface area contributed by atoms with Gasteiger partial charge in [-0.2, -0.15) is 5.26 Å². The summed E-state index contributed by atoms with van der Waals surface area (Å²) in [7, 11) is 0. The Morgan fingerprint density at radius 3 is 3.00 bits per heavy atom. The molecule has 1 aromatic carbocycles. The second kappa shape index (κ2) is 5.14. The molecule has 0 bridgehead atoms. The summed E-state index contributed by atoms with van der Waals surface area (Å²) in [6.07, 6.45) is 4.99. The number of hydrogen-bond donors (Lipinski definition) is 1. The van der Waals surface area contributed by atoms with Crippen molar-refractivity contribution in [3.63, 3.8) is 0 Å². The average molecular weight is 207 g/mol.